The summed E-state index contributed by atoms with van der Waals surface area (Å²) in [6.07, 6.45) is -12.4. The Kier molecular flexibility index (Phi) is 4.52. The van der Waals surface area contributed by atoms with Gasteiger partial charge in [-0.15, -0.1) is 0 Å². The molecule has 1 saturated heterocycles. The van der Waals surface area contributed by atoms with Crippen molar-refractivity contribution in [3.8, 4) is 0 Å². The Bertz CT molecular complexity index is 696. The van der Waals surface area contributed by atoms with E-state index < -0.39 is 49.2 Å². The number of alkyl halides is 6. The average Bonchev–Trinajstić information content (AvgIpc) is 2.91. The monoisotopic (exact) mass is 369 g/mol. The number of hydrogen-bond acceptors (Lipinski definition) is 2. The van der Waals surface area contributed by atoms with Crippen LogP contribution in [0.5, 0.6) is 0 Å². The summed E-state index contributed by atoms with van der Waals surface area (Å²) in [4.78, 5) is 23.8. The molecule has 25 heavy (non-hydrogen) atoms. The quantitative estimate of drug-likeness (QED) is 0.810. The first-order valence-corrected chi connectivity index (χ1v) is 7.06. The van der Waals surface area contributed by atoms with E-state index in [2.05, 4.69) is 0 Å². The maximum Gasteiger partial charge on any atom is 0.404 e. The van der Waals surface area contributed by atoms with Gasteiger partial charge in [-0.3, -0.25) is 4.79 Å². The van der Waals surface area contributed by atoms with Crippen molar-refractivity contribution < 1.29 is 41.0 Å². The van der Waals surface area contributed by atoms with Gasteiger partial charge >= 0.3 is 18.3 Å². The Hall–Kier alpha value is -2.26. The fourth-order valence-corrected chi connectivity index (χ4v) is 2.82. The van der Waals surface area contributed by atoms with Crippen molar-refractivity contribution in [3.63, 3.8) is 0 Å². The van der Waals surface area contributed by atoms with E-state index in [4.69, 9.17) is 5.11 Å². The van der Waals surface area contributed by atoms with E-state index >= 15 is 0 Å². The van der Waals surface area contributed by atoms with Crippen LogP contribution in [0.4, 0.5) is 26.3 Å². The third-order valence-corrected chi connectivity index (χ3v) is 4.21. The van der Waals surface area contributed by atoms with Gasteiger partial charge in [-0.1, -0.05) is 0 Å². The zero-order chi connectivity index (χ0) is 19.2. The molecule has 0 saturated carbocycles. The Morgan fingerprint density at radius 3 is 2.00 bits per heavy atom. The molecule has 0 aliphatic carbocycles. The molecule has 1 aromatic carbocycles. The number of carboxylic acid groups (broad SMARTS) is 1. The predicted molar refractivity (Wildman–Crippen MR) is 73.2 cm³/mol. The van der Waals surface area contributed by atoms with Crippen LogP contribution in [0.1, 0.15) is 32.7 Å². The lowest BCUT2D eigenvalue weighted by molar-refractivity contribution is -0.334. The molecule has 1 aliphatic heterocycles. The summed E-state index contributed by atoms with van der Waals surface area (Å²) in [6, 6.07) is 3.38. The van der Waals surface area contributed by atoms with Gasteiger partial charge in [0.2, 0.25) is 0 Å². The molecule has 0 aromatic heterocycles. The molecule has 0 atom stereocenters. The first kappa shape index (κ1) is 19.1. The van der Waals surface area contributed by atoms with Crippen LogP contribution in [0.15, 0.2) is 18.2 Å². The number of carboxylic acids is 1. The average molecular weight is 369 g/mol. The number of rotatable bonds is 2. The van der Waals surface area contributed by atoms with Crippen LogP contribution < -0.4 is 0 Å². The van der Waals surface area contributed by atoms with Gasteiger partial charge < -0.3 is 10.0 Å². The van der Waals surface area contributed by atoms with E-state index in [1.54, 1.807) is 0 Å². The summed E-state index contributed by atoms with van der Waals surface area (Å²) >= 11 is 0. The molecule has 1 aliphatic rings. The van der Waals surface area contributed by atoms with Gasteiger partial charge in [0.1, 0.15) is 0 Å². The Morgan fingerprint density at radius 1 is 1.04 bits per heavy atom. The smallest absolute Gasteiger partial charge is 0.404 e. The first-order chi connectivity index (χ1) is 11.3. The maximum absolute atomic E-state index is 13.0. The molecule has 1 heterocycles. The third-order valence-electron chi connectivity index (χ3n) is 4.21. The molecule has 0 radical (unpaired) electrons. The summed E-state index contributed by atoms with van der Waals surface area (Å²) in [7, 11) is 0. The van der Waals surface area contributed by atoms with Crippen LogP contribution >= 0.6 is 0 Å². The lowest BCUT2D eigenvalue weighted by Gasteiger charge is -2.33. The molecular formula is C15H13F6NO3. The number of carbonyl (C=O) groups is 2. The van der Waals surface area contributed by atoms with Gasteiger partial charge in [-0.2, -0.15) is 26.3 Å². The highest BCUT2D eigenvalue weighted by Crippen LogP contribution is 2.55. The van der Waals surface area contributed by atoms with Crippen molar-refractivity contribution in [2.75, 3.05) is 13.1 Å². The lowest BCUT2D eigenvalue weighted by atomic mass is 9.85. The fourth-order valence-electron chi connectivity index (χ4n) is 2.82. The van der Waals surface area contributed by atoms with Crippen molar-refractivity contribution in [1.29, 1.82) is 0 Å². The number of aromatic carboxylic acids is 1. The van der Waals surface area contributed by atoms with Crippen molar-refractivity contribution in [2.45, 2.75) is 25.7 Å². The molecule has 1 fully saturated rings. The van der Waals surface area contributed by atoms with Gasteiger partial charge in [-0.25, -0.2) is 4.79 Å². The van der Waals surface area contributed by atoms with E-state index in [-0.39, 0.29) is 11.1 Å². The SMILES string of the molecule is Cc1cc(C(=O)O)cc(C(=O)N2CCC(C(F)(F)F)(C(F)(F)F)C2)c1. The van der Waals surface area contributed by atoms with Gasteiger partial charge in [0.25, 0.3) is 5.91 Å². The number of amides is 1. The summed E-state index contributed by atoms with van der Waals surface area (Å²) in [5.74, 6) is -2.43. The van der Waals surface area contributed by atoms with Crippen molar-refractivity contribution in [2.24, 2.45) is 5.41 Å². The van der Waals surface area contributed by atoms with Crippen molar-refractivity contribution >= 4 is 11.9 Å². The van der Waals surface area contributed by atoms with Gasteiger partial charge in [0, 0.05) is 18.7 Å². The van der Waals surface area contributed by atoms with Crippen LogP contribution in [-0.2, 0) is 0 Å². The molecule has 10 heteroatoms. The molecule has 1 amide bonds. The molecule has 138 valence electrons. The molecular weight excluding hydrogens is 356 g/mol. The van der Waals surface area contributed by atoms with Crippen LogP contribution in [0.3, 0.4) is 0 Å². The van der Waals surface area contributed by atoms with E-state index in [1.165, 1.54) is 19.1 Å². The van der Waals surface area contributed by atoms with Crippen LogP contribution in [-0.4, -0.2) is 47.3 Å². The molecule has 0 spiro atoms. The molecule has 4 nitrogen and oxygen atoms in total. The summed E-state index contributed by atoms with van der Waals surface area (Å²) < 4.78 is 78.3. The van der Waals surface area contributed by atoms with E-state index in [1.807, 2.05) is 0 Å². The largest absolute Gasteiger partial charge is 0.478 e. The second-order valence-corrected chi connectivity index (χ2v) is 5.95. The van der Waals surface area contributed by atoms with Crippen molar-refractivity contribution in [1.82, 2.24) is 4.90 Å². The van der Waals surface area contributed by atoms with E-state index in [9.17, 15) is 35.9 Å². The molecule has 0 unspecified atom stereocenters. The van der Waals surface area contributed by atoms with Crippen LogP contribution in [0.25, 0.3) is 0 Å². The molecule has 1 N–H and O–H groups in total. The third kappa shape index (κ3) is 3.29. The number of aryl methyl sites for hydroxylation is 1. The standard InChI is InChI=1S/C15H13F6NO3/c1-8-4-9(6-10(5-8)12(24)25)11(23)22-3-2-13(7-22,14(16,17)18)15(19,20)21/h4-6H,2-3,7H2,1H3,(H,24,25). The summed E-state index contributed by atoms with van der Waals surface area (Å²) in [5, 5.41) is 8.95. The zero-order valence-corrected chi connectivity index (χ0v) is 12.8. The minimum absolute atomic E-state index is 0.266. The van der Waals surface area contributed by atoms with Crippen LogP contribution in [0, 0.1) is 12.3 Å². The number of halogens is 6. The second-order valence-electron chi connectivity index (χ2n) is 5.95. The fraction of sp³-hybridized carbons (Fsp3) is 0.467. The highest BCUT2D eigenvalue weighted by atomic mass is 19.4. The lowest BCUT2D eigenvalue weighted by Crippen LogP contribution is -2.52. The Morgan fingerprint density at radius 2 is 1.56 bits per heavy atom. The van der Waals surface area contributed by atoms with Gasteiger partial charge in [-0.05, 0) is 37.1 Å². The number of likely N-dealkylation sites (tertiary alicyclic amines) is 1. The zero-order valence-electron chi connectivity index (χ0n) is 12.8. The number of benzene rings is 1. The highest BCUT2D eigenvalue weighted by Gasteiger charge is 2.72. The number of hydrogen-bond donors (Lipinski definition) is 1. The van der Waals surface area contributed by atoms with Gasteiger partial charge in [0.15, 0.2) is 5.41 Å². The maximum atomic E-state index is 13.0. The minimum atomic E-state index is -5.56. The second kappa shape index (κ2) is 5.92. The Labute approximate surface area is 138 Å². The first-order valence-electron chi connectivity index (χ1n) is 7.06. The van der Waals surface area contributed by atoms with Crippen molar-refractivity contribution in [3.05, 3.63) is 34.9 Å². The highest BCUT2D eigenvalue weighted by molar-refractivity contribution is 5.98. The number of nitrogens with zero attached hydrogens (tertiary/aromatic N) is 1. The van der Waals surface area contributed by atoms with Gasteiger partial charge in [0.05, 0.1) is 5.56 Å². The summed E-state index contributed by atoms with van der Waals surface area (Å²) in [5.41, 5.74) is -4.17. The minimum Gasteiger partial charge on any atom is -0.478 e. The number of carbonyl (C=O) groups excluding carboxylic acids is 1. The molecule has 2 rings (SSSR count). The van der Waals surface area contributed by atoms with E-state index in [0.717, 1.165) is 6.07 Å². The van der Waals surface area contributed by atoms with Crippen LogP contribution in [0.2, 0.25) is 0 Å². The topological polar surface area (TPSA) is 57.6 Å². The molecule has 0 bridgehead atoms. The predicted octanol–water partition coefficient (Wildman–Crippen LogP) is 3.65. The van der Waals surface area contributed by atoms with E-state index in [0.29, 0.717) is 10.5 Å². The summed E-state index contributed by atoms with van der Waals surface area (Å²) in [6.45, 7) is -0.813. The normalized spacial score (nSPS) is 17.6. The Balaban J connectivity index is 2.36. The molecule has 1 aromatic rings.